The summed E-state index contributed by atoms with van der Waals surface area (Å²) in [6.45, 7) is 4.03. The Kier molecular flexibility index (Phi) is 8.66. The average Bonchev–Trinajstić information content (AvgIpc) is 3.30. The van der Waals surface area contributed by atoms with Gasteiger partial charge in [-0.2, -0.15) is 0 Å². The number of carbonyl (C=O) groups excluding carboxylic acids is 1. The first-order valence-corrected chi connectivity index (χ1v) is 14.1. The van der Waals surface area contributed by atoms with Crippen molar-refractivity contribution in [1.29, 1.82) is 0 Å². The highest BCUT2D eigenvalue weighted by molar-refractivity contribution is 7.88. The molecule has 0 aliphatic carbocycles. The van der Waals surface area contributed by atoms with E-state index in [-0.39, 0.29) is 29.9 Å². The minimum Gasteiger partial charge on any atom is -0.486 e. The molecule has 0 saturated carbocycles. The van der Waals surface area contributed by atoms with Gasteiger partial charge in [0.15, 0.2) is 0 Å². The predicted molar refractivity (Wildman–Crippen MR) is 138 cm³/mol. The van der Waals surface area contributed by atoms with Gasteiger partial charge in [-0.25, -0.2) is 12.7 Å². The largest absolute Gasteiger partial charge is 0.486 e. The first-order valence-electron chi connectivity index (χ1n) is 12.5. The van der Waals surface area contributed by atoms with Crippen LogP contribution in [0.3, 0.4) is 0 Å². The van der Waals surface area contributed by atoms with Crippen molar-refractivity contribution < 1.29 is 27.4 Å². The van der Waals surface area contributed by atoms with Gasteiger partial charge in [-0.15, -0.1) is 0 Å². The van der Waals surface area contributed by atoms with Gasteiger partial charge in [0.1, 0.15) is 18.0 Å². The van der Waals surface area contributed by atoms with E-state index in [0.717, 1.165) is 12.0 Å². The van der Waals surface area contributed by atoms with Gasteiger partial charge in [0.2, 0.25) is 10.0 Å². The van der Waals surface area contributed by atoms with Crippen molar-refractivity contribution >= 4 is 15.9 Å². The van der Waals surface area contributed by atoms with Crippen LogP contribution in [0, 0.1) is 0 Å². The average molecular weight is 517 g/mol. The van der Waals surface area contributed by atoms with Crippen molar-refractivity contribution in [2.75, 3.05) is 40.5 Å². The molecule has 0 bridgehead atoms. The Hall–Kier alpha value is -2.46. The zero-order valence-corrected chi connectivity index (χ0v) is 22.1. The summed E-state index contributed by atoms with van der Waals surface area (Å²) in [4.78, 5) is 15.0. The number of carbonyl (C=O) groups is 1. The summed E-state index contributed by atoms with van der Waals surface area (Å²) in [6, 6.07) is 14.8. The summed E-state index contributed by atoms with van der Waals surface area (Å²) in [5.74, 6) is 0.429. The second-order valence-electron chi connectivity index (χ2n) is 9.41. The van der Waals surface area contributed by atoms with Crippen molar-refractivity contribution in [3.8, 4) is 5.75 Å². The quantitative estimate of drug-likeness (QED) is 0.509. The molecule has 9 heteroatoms. The minimum absolute atomic E-state index is 0.0309. The number of amides is 1. The number of ether oxygens (including phenoxy) is 3. The maximum absolute atomic E-state index is 13.2. The van der Waals surface area contributed by atoms with Gasteiger partial charge in [0.05, 0.1) is 18.8 Å². The second kappa shape index (κ2) is 11.7. The number of hydrogen-bond donors (Lipinski definition) is 0. The van der Waals surface area contributed by atoms with Crippen LogP contribution in [0.5, 0.6) is 5.75 Å². The Balaban J connectivity index is 1.43. The smallest absolute Gasteiger partial charge is 0.254 e. The Morgan fingerprint density at radius 3 is 2.53 bits per heavy atom. The van der Waals surface area contributed by atoms with E-state index in [1.807, 2.05) is 37.3 Å². The van der Waals surface area contributed by atoms with Crippen LogP contribution in [0.1, 0.15) is 41.3 Å². The third-order valence-corrected chi connectivity index (χ3v) is 8.99. The first-order chi connectivity index (χ1) is 17.3. The molecular weight excluding hydrogens is 480 g/mol. The van der Waals surface area contributed by atoms with Gasteiger partial charge < -0.3 is 19.1 Å². The lowest BCUT2D eigenvalue weighted by atomic mass is 10.0. The maximum Gasteiger partial charge on any atom is 0.254 e. The minimum atomic E-state index is -3.49. The molecule has 1 amide bonds. The summed E-state index contributed by atoms with van der Waals surface area (Å²) in [5, 5.41) is 0. The highest BCUT2D eigenvalue weighted by Gasteiger charge is 2.38. The Labute approximate surface area is 214 Å². The van der Waals surface area contributed by atoms with Crippen molar-refractivity contribution in [2.24, 2.45) is 0 Å². The lowest BCUT2D eigenvalue weighted by Crippen LogP contribution is -2.41. The number of sulfonamides is 1. The van der Waals surface area contributed by atoms with Gasteiger partial charge in [-0.1, -0.05) is 37.3 Å². The fourth-order valence-corrected chi connectivity index (χ4v) is 6.40. The first kappa shape index (κ1) is 26.6. The molecule has 0 radical (unpaired) electrons. The van der Waals surface area contributed by atoms with Crippen LogP contribution in [0.25, 0.3) is 0 Å². The molecular formula is C27H36N2O6S. The van der Waals surface area contributed by atoms with Gasteiger partial charge >= 0.3 is 0 Å². The van der Waals surface area contributed by atoms with Crippen molar-refractivity contribution in [1.82, 2.24) is 9.21 Å². The van der Waals surface area contributed by atoms with Crippen LogP contribution in [-0.2, 0) is 31.7 Å². The van der Waals surface area contributed by atoms with Crippen molar-refractivity contribution in [3.05, 3.63) is 65.2 Å². The normalized spacial score (nSPS) is 21.2. The van der Waals surface area contributed by atoms with E-state index < -0.39 is 10.0 Å². The standard InChI is InChI=1S/C27H36N2O6S/c1-4-21-9-5-6-11-24(21)27(30)29-17-25(33-3)26(18-29)35-23-10-7-8-20(16-23)19-36(31,32)28(2)22-12-14-34-15-13-22/h5-11,16,22,25-26H,4,12-15,17-19H2,1-3H3. The summed E-state index contributed by atoms with van der Waals surface area (Å²) in [6.07, 6.45) is 1.55. The molecule has 2 heterocycles. The summed E-state index contributed by atoms with van der Waals surface area (Å²) in [7, 11) is -0.221. The summed E-state index contributed by atoms with van der Waals surface area (Å²) in [5.41, 5.74) is 2.38. The van der Waals surface area contributed by atoms with E-state index in [1.165, 1.54) is 4.31 Å². The van der Waals surface area contributed by atoms with E-state index in [2.05, 4.69) is 0 Å². The van der Waals surface area contributed by atoms with E-state index in [4.69, 9.17) is 14.2 Å². The zero-order valence-electron chi connectivity index (χ0n) is 21.3. The molecule has 2 unspecified atom stereocenters. The van der Waals surface area contributed by atoms with Crippen molar-refractivity contribution in [2.45, 2.75) is 50.2 Å². The zero-order chi connectivity index (χ0) is 25.7. The maximum atomic E-state index is 13.2. The molecule has 2 aliphatic heterocycles. The van der Waals surface area contributed by atoms with Crippen LogP contribution in [-0.4, -0.2) is 82.2 Å². The van der Waals surface area contributed by atoms with E-state index in [0.29, 0.717) is 56.0 Å². The fourth-order valence-electron chi connectivity index (χ4n) is 4.93. The molecule has 196 valence electrons. The van der Waals surface area contributed by atoms with E-state index in [9.17, 15) is 13.2 Å². The monoisotopic (exact) mass is 516 g/mol. The molecule has 4 rings (SSSR count). The molecule has 36 heavy (non-hydrogen) atoms. The molecule has 2 fully saturated rings. The Morgan fingerprint density at radius 2 is 1.81 bits per heavy atom. The van der Waals surface area contributed by atoms with Gasteiger partial charge in [0.25, 0.3) is 5.91 Å². The molecule has 2 aromatic carbocycles. The molecule has 0 spiro atoms. The van der Waals surface area contributed by atoms with Crippen LogP contribution in [0.2, 0.25) is 0 Å². The van der Waals surface area contributed by atoms with E-state index >= 15 is 0 Å². The molecule has 2 atom stereocenters. The third-order valence-electron chi connectivity index (χ3n) is 7.11. The number of likely N-dealkylation sites (tertiary alicyclic amines) is 1. The SMILES string of the molecule is CCc1ccccc1C(=O)N1CC(OC)C(Oc2cccc(CS(=O)(=O)N(C)C3CCOCC3)c2)C1. The highest BCUT2D eigenvalue weighted by Crippen LogP contribution is 2.25. The molecule has 0 N–H and O–H groups in total. The van der Waals surface area contributed by atoms with Crippen LogP contribution in [0.15, 0.2) is 48.5 Å². The van der Waals surface area contributed by atoms with Crippen LogP contribution in [0.4, 0.5) is 0 Å². The van der Waals surface area contributed by atoms with Gasteiger partial charge in [-0.3, -0.25) is 4.79 Å². The molecule has 2 saturated heterocycles. The van der Waals surface area contributed by atoms with Gasteiger partial charge in [-0.05, 0) is 48.6 Å². The Bertz CT molecular complexity index is 1150. The number of nitrogens with zero attached hydrogens (tertiary/aromatic N) is 2. The predicted octanol–water partition coefficient (Wildman–Crippen LogP) is 3.11. The number of benzene rings is 2. The van der Waals surface area contributed by atoms with Crippen LogP contribution < -0.4 is 4.74 Å². The fraction of sp³-hybridized carbons (Fsp3) is 0.519. The van der Waals surface area contributed by atoms with Gasteiger partial charge in [0, 0.05) is 39.0 Å². The summed E-state index contributed by atoms with van der Waals surface area (Å²) < 4.78 is 44.8. The molecule has 2 aliphatic rings. The molecule has 8 nitrogen and oxygen atoms in total. The number of rotatable bonds is 9. The second-order valence-corrected chi connectivity index (χ2v) is 11.4. The van der Waals surface area contributed by atoms with Crippen LogP contribution >= 0.6 is 0 Å². The topological polar surface area (TPSA) is 85.4 Å². The molecule has 0 aromatic heterocycles. The number of hydrogen-bond acceptors (Lipinski definition) is 6. The molecule has 2 aromatic rings. The lowest BCUT2D eigenvalue weighted by molar-refractivity contribution is 0.0339. The number of aryl methyl sites for hydroxylation is 1. The Morgan fingerprint density at radius 1 is 1.08 bits per heavy atom. The van der Waals surface area contributed by atoms with E-state index in [1.54, 1.807) is 37.3 Å². The highest BCUT2D eigenvalue weighted by atomic mass is 32.2. The number of methoxy groups -OCH3 is 1. The lowest BCUT2D eigenvalue weighted by Gasteiger charge is -2.30. The third kappa shape index (κ3) is 6.08. The van der Waals surface area contributed by atoms with Crippen molar-refractivity contribution in [3.63, 3.8) is 0 Å². The summed E-state index contributed by atoms with van der Waals surface area (Å²) >= 11 is 0.